The topological polar surface area (TPSA) is 96.2 Å². The van der Waals surface area contributed by atoms with E-state index in [-0.39, 0.29) is 63.8 Å². The van der Waals surface area contributed by atoms with Crippen LogP contribution >= 0.6 is 0 Å². The fourth-order valence-electron chi connectivity index (χ4n) is 12.0. The van der Waals surface area contributed by atoms with Gasteiger partial charge in [0.1, 0.15) is 0 Å². The van der Waals surface area contributed by atoms with Crippen molar-refractivity contribution in [2.45, 2.75) is 152 Å². The molecule has 8 unspecified atom stereocenters. The molecule has 0 radical (unpaired) electrons. The van der Waals surface area contributed by atoms with E-state index < -0.39 is 0 Å². The van der Waals surface area contributed by atoms with Crippen LogP contribution in [0.1, 0.15) is 103 Å². The summed E-state index contributed by atoms with van der Waals surface area (Å²) in [5.41, 5.74) is 0. The first-order valence-corrected chi connectivity index (χ1v) is 17.9. The van der Waals surface area contributed by atoms with E-state index in [1.807, 2.05) is 0 Å². The van der Waals surface area contributed by atoms with Crippen molar-refractivity contribution in [1.82, 2.24) is 42.5 Å². The second-order valence-corrected chi connectivity index (χ2v) is 15.6. The smallest absolute Gasteiger partial charge is 1.00 e. The molecule has 0 spiro atoms. The first-order valence-electron chi connectivity index (χ1n) is 17.9. The van der Waals surface area contributed by atoms with Gasteiger partial charge in [0.2, 0.25) is 0 Å². The van der Waals surface area contributed by atoms with Gasteiger partial charge in [0, 0.05) is 0 Å². The van der Waals surface area contributed by atoms with E-state index in [1.165, 1.54) is 103 Å². The summed E-state index contributed by atoms with van der Waals surface area (Å²) in [5.74, 6) is 5.97. The van der Waals surface area contributed by atoms with Gasteiger partial charge in [-0.15, -0.1) is 0 Å². The average molecular weight is 627 g/mol. The summed E-state index contributed by atoms with van der Waals surface area (Å²) in [6, 6.07) is 0. The van der Waals surface area contributed by atoms with Crippen molar-refractivity contribution in [2.24, 2.45) is 47.3 Å². The molecule has 5 saturated heterocycles. The molecule has 10 heteroatoms. The van der Waals surface area contributed by atoms with E-state index in [1.54, 1.807) is 0 Å². The monoisotopic (exact) mass is 626 g/mol. The minimum Gasteiger partial charge on any atom is -1.00 e. The molecular formula is C32H56ClKN8. The third-order valence-electron chi connectivity index (χ3n) is 13.8. The van der Waals surface area contributed by atoms with Gasteiger partial charge in [-0.25, -0.2) is 0 Å². The molecule has 4 saturated carbocycles. The predicted octanol–water partition coefficient (Wildman–Crippen LogP) is -3.39. The Morgan fingerprint density at radius 1 is 0.238 bits per heavy atom. The molecule has 8 atom stereocenters. The van der Waals surface area contributed by atoms with E-state index >= 15 is 0 Å². The molecule has 232 valence electrons. The van der Waals surface area contributed by atoms with Gasteiger partial charge >= 0.3 is 51.4 Å². The van der Waals surface area contributed by atoms with Crippen LogP contribution in [0.25, 0.3) is 0 Å². The third-order valence-corrected chi connectivity index (χ3v) is 13.8. The minimum absolute atomic E-state index is 0. The van der Waals surface area contributed by atoms with Gasteiger partial charge in [0.05, 0.1) is 49.3 Å². The Morgan fingerprint density at radius 3 is 0.476 bits per heavy atom. The second kappa shape index (κ2) is 13.6. The maximum Gasteiger partial charge on any atom is 1.00 e. The predicted molar refractivity (Wildman–Crippen MR) is 157 cm³/mol. The van der Waals surface area contributed by atoms with Crippen LogP contribution in [-0.4, -0.2) is 49.3 Å². The van der Waals surface area contributed by atoms with Crippen LogP contribution < -0.4 is 106 Å². The zero-order valence-electron chi connectivity index (χ0n) is 25.9. The first kappa shape index (κ1) is 32.2. The second-order valence-electron chi connectivity index (χ2n) is 15.6. The van der Waals surface area contributed by atoms with Crippen molar-refractivity contribution >= 4 is 0 Å². The van der Waals surface area contributed by atoms with Crippen molar-refractivity contribution in [3.05, 3.63) is 0 Å². The molecule has 8 nitrogen and oxygen atoms in total. The standard InChI is InChI=1S/C32H56N8.ClH.K/c1-2-10-18-17(9-1)25-33-26(18)38-28-21-13-5-6-14-22(21)30(35-28)40-32-24-16-8-7-15-23(24)31(36-32)39-29-20-12-4-3-11-19(20)27(34-29)37-25;;/h17-40H,1-16H2;1H;/q;;+1/p-1. The molecule has 0 aromatic rings. The minimum atomic E-state index is 0. The van der Waals surface area contributed by atoms with Crippen molar-refractivity contribution < 1.29 is 63.8 Å². The van der Waals surface area contributed by atoms with E-state index in [4.69, 9.17) is 0 Å². The maximum atomic E-state index is 4.26. The van der Waals surface area contributed by atoms with Gasteiger partial charge in [-0.05, 0) is 98.7 Å². The molecule has 0 aromatic carbocycles. The SMILES string of the molecule is C1CCC2C3NC(NC4NC(NC5NC(NC6NC(N3)C3CCCCC63)C3CCCCC53)C3CCCCC43)C2C1.[Cl-].[K+]. The van der Waals surface area contributed by atoms with Crippen LogP contribution in [0, 0.1) is 47.3 Å². The summed E-state index contributed by atoms with van der Waals surface area (Å²) < 4.78 is 0. The Hall–Kier alpha value is 1.61. The summed E-state index contributed by atoms with van der Waals surface area (Å²) in [6.45, 7) is 0. The number of fused-ring (bicyclic) bond motifs is 20. The molecule has 0 aromatic heterocycles. The fourth-order valence-corrected chi connectivity index (χ4v) is 12.0. The number of halogens is 1. The Balaban J connectivity index is 0.00000144. The van der Waals surface area contributed by atoms with Gasteiger partial charge in [-0.3, -0.25) is 42.5 Å². The van der Waals surface area contributed by atoms with Gasteiger partial charge < -0.3 is 12.4 Å². The van der Waals surface area contributed by atoms with Gasteiger partial charge in [-0.2, -0.15) is 0 Å². The Bertz CT molecular complexity index is 723. The molecule has 5 aliphatic heterocycles. The zero-order chi connectivity index (χ0) is 26.2. The zero-order valence-corrected chi connectivity index (χ0v) is 29.8. The van der Waals surface area contributed by atoms with Crippen molar-refractivity contribution in [3.8, 4) is 0 Å². The van der Waals surface area contributed by atoms with Gasteiger partial charge in [0.15, 0.2) is 0 Å². The quantitative estimate of drug-likeness (QED) is 0.132. The molecular weight excluding hydrogens is 571 g/mol. The number of hydrogen-bond acceptors (Lipinski definition) is 8. The molecule has 9 rings (SSSR count). The fraction of sp³-hybridized carbons (Fsp3) is 1.00. The molecule has 8 bridgehead atoms. The molecule has 0 amide bonds. The van der Waals surface area contributed by atoms with E-state index in [0.29, 0.717) is 49.3 Å². The molecule has 8 N–H and O–H groups in total. The number of rotatable bonds is 0. The normalized spacial score (nSPS) is 54.9. The van der Waals surface area contributed by atoms with Crippen molar-refractivity contribution in [2.75, 3.05) is 0 Å². The Labute approximate surface area is 302 Å². The Kier molecular flexibility index (Phi) is 10.4. The molecule has 9 aliphatic rings. The largest absolute Gasteiger partial charge is 1.00 e. The van der Waals surface area contributed by atoms with Gasteiger partial charge in [0.25, 0.3) is 0 Å². The molecule has 9 fully saturated rings. The molecule has 4 aliphatic carbocycles. The molecule has 5 heterocycles. The van der Waals surface area contributed by atoms with Crippen LogP contribution in [-0.2, 0) is 0 Å². The van der Waals surface area contributed by atoms with Crippen molar-refractivity contribution in [1.29, 1.82) is 0 Å². The van der Waals surface area contributed by atoms with Crippen LogP contribution in [0.15, 0.2) is 0 Å². The van der Waals surface area contributed by atoms with E-state index in [0.717, 1.165) is 47.3 Å². The van der Waals surface area contributed by atoms with Crippen molar-refractivity contribution in [3.63, 3.8) is 0 Å². The Morgan fingerprint density at radius 2 is 0.357 bits per heavy atom. The number of nitrogens with one attached hydrogen (secondary N) is 8. The van der Waals surface area contributed by atoms with Crippen LogP contribution in [0.5, 0.6) is 0 Å². The summed E-state index contributed by atoms with van der Waals surface area (Å²) >= 11 is 0. The van der Waals surface area contributed by atoms with Crippen LogP contribution in [0.3, 0.4) is 0 Å². The summed E-state index contributed by atoms with van der Waals surface area (Å²) in [5, 5.41) is 33.8. The summed E-state index contributed by atoms with van der Waals surface area (Å²) in [6.07, 6.45) is 25.6. The van der Waals surface area contributed by atoms with E-state index in [9.17, 15) is 0 Å². The number of hydrogen-bond donors (Lipinski definition) is 8. The molecule has 42 heavy (non-hydrogen) atoms. The van der Waals surface area contributed by atoms with Crippen LogP contribution in [0.4, 0.5) is 0 Å². The van der Waals surface area contributed by atoms with E-state index in [2.05, 4.69) is 42.5 Å². The van der Waals surface area contributed by atoms with Crippen LogP contribution in [0.2, 0.25) is 0 Å². The average Bonchev–Trinajstić information content (AvgIpc) is 3.73. The summed E-state index contributed by atoms with van der Waals surface area (Å²) in [7, 11) is 0. The van der Waals surface area contributed by atoms with Gasteiger partial charge in [-0.1, -0.05) is 51.4 Å². The third kappa shape index (κ3) is 5.71. The summed E-state index contributed by atoms with van der Waals surface area (Å²) in [4.78, 5) is 0. The maximum absolute atomic E-state index is 4.26. The first-order chi connectivity index (χ1) is 19.8.